The van der Waals surface area contributed by atoms with Crippen LogP contribution >= 0.6 is 0 Å². The fraction of sp³-hybridized carbons (Fsp3) is 0.562. The van der Waals surface area contributed by atoms with Gasteiger partial charge in [-0.25, -0.2) is 9.50 Å². The lowest BCUT2D eigenvalue weighted by Crippen LogP contribution is -2.42. The van der Waals surface area contributed by atoms with Crippen molar-refractivity contribution in [2.45, 2.75) is 51.0 Å². The molecule has 0 radical (unpaired) electrons. The van der Waals surface area contributed by atoms with E-state index in [0.717, 1.165) is 12.8 Å². The van der Waals surface area contributed by atoms with Crippen molar-refractivity contribution >= 4 is 11.6 Å². The third-order valence-electron chi connectivity index (χ3n) is 5.29. The normalized spacial score (nSPS) is 20.4. The van der Waals surface area contributed by atoms with Gasteiger partial charge in [-0.05, 0) is 38.5 Å². The summed E-state index contributed by atoms with van der Waals surface area (Å²) in [6.07, 6.45) is 8.73. The highest BCUT2D eigenvalue weighted by atomic mass is 16.2. The zero-order valence-corrected chi connectivity index (χ0v) is 12.7. The lowest BCUT2D eigenvalue weighted by atomic mass is 9.95. The Bertz CT molecular complexity index is 794. The quantitative estimate of drug-likeness (QED) is 0.907. The molecule has 2 aromatic rings. The lowest BCUT2D eigenvalue weighted by molar-refractivity contribution is 0.0912. The van der Waals surface area contributed by atoms with Gasteiger partial charge in [0.1, 0.15) is 0 Å². The molecular formula is C16H20N4O2. The molecule has 2 heterocycles. The summed E-state index contributed by atoms with van der Waals surface area (Å²) in [6.45, 7) is 1.83. The smallest absolute Gasteiger partial charge is 0.266 e. The van der Waals surface area contributed by atoms with Crippen LogP contribution < -0.4 is 10.9 Å². The van der Waals surface area contributed by atoms with Crippen molar-refractivity contribution in [1.82, 2.24) is 19.9 Å². The molecule has 6 nitrogen and oxygen atoms in total. The Kier molecular flexibility index (Phi) is 2.89. The summed E-state index contributed by atoms with van der Waals surface area (Å²) in [7, 11) is 0. The highest BCUT2D eigenvalue weighted by Gasteiger charge is 2.51. The predicted octanol–water partition coefficient (Wildman–Crippen LogP) is 1.78. The van der Waals surface area contributed by atoms with Crippen LogP contribution in [0.2, 0.25) is 0 Å². The predicted molar refractivity (Wildman–Crippen MR) is 81.9 cm³/mol. The van der Waals surface area contributed by atoms with Crippen molar-refractivity contribution in [3.63, 3.8) is 0 Å². The van der Waals surface area contributed by atoms with Gasteiger partial charge in [0.15, 0.2) is 5.65 Å². The van der Waals surface area contributed by atoms with Crippen molar-refractivity contribution in [3.05, 3.63) is 33.9 Å². The van der Waals surface area contributed by atoms with E-state index in [0.29, 0.717) is 22.8 Å². The van der Waals surface area contributed by atoms with Crippen LogP contribution in [0, 0.1) is 12.8 Å². The largest absolute Gasteiger partial charge is 0.346 e. The first-order valence-electron chi connectivity index (χ1n) is 7.99. The first kappa shape index (κ1) is 13.5. The molecule has 6 heteroatoms. The van der Waals surface area contributed by atoms with Crippen LogP contribution in [0.3, 0.4) is 0 Å². The van der Waals surface area contributed by atoms with E-state index in [-0.39, 0.29) is 17.0 Å². The molecule has 0 bridgehead atoms. The molecule has 2 fully saturated rings. The fourth-order valence-electron chi connectivity index (χ4n) is 3.84. The second-order valence-electron chi connectivity index (χ2n) is 6.66. The fourth-order valence-corrected chi connectivity index (χ4v) is 3.84. The Balaban J connectivity index is 1.63. The maximum Gasteiger partial charge on any atom is 0.266 e. The number of nitrogens with zero attached hydrogens (tertiary/aromatic N) is 2. The first-order valence-corrected chi connectivity index (χ1v) is 7.99. The van der Waals surface area contributed by atoms with Crippen molar-refractivity contribution in [2.24, 2.45) is 5.92 Å². The summed E-state index contributed by atoms with van der Waals surface area (Å²) < 4.78 is 1.58. The molecule has 116 valence electrons. The first-order chi connectivity index (χ1) is 10.6. The van der Waals surface area contributed by atoms with Gasteiger partial charge in [-0.2, -0.15) is 0 Å². The second kappa shape index (κ2) is 4.69. The minimum atomic E-state index is -0.210. The second-order valence-corrected chi connectivity index (χ2v) is 6.66. The van der Waals surface area contributed by atoms with E-state index >= 15 is 0 Å². The van der Waals surface area contributed by atoms with Gasteiger partial charge in [-0.15, -0.1) is 0 Å². The number of aryl methyl sites for hydroxylation is 1. The summed E-state index contributed by atoms with van der Waals surface area (Å²) in [5.41, 5.74) is 1.59. The van der Waals surface area contributed by atoms with Gasteiger partial charge in [-0.1, -0.05) is 12.8 Å². The molecule has 2 aliphatic carbocycles. The highest BCUT2D eigenvalue weighted by Crippen LogP contribution is 2.49. The van der Waals surface area contributed by atoms with Crippen LogP contribution in [-0.4, -0.2) is 26.0 Å². The van der Waals surface area contributed by atoms with Gasteiger partial charge < -0.3 is 5.32 Å². The number of nitrogens with one attached hydrogen (secondary N) is 2. The summed E-state index contributed by atoms with van der Waals surface area (Å²) >= 11 is 0. The summed E-state index contributed by atoms with van der Waals surface area (Å²) in [6, 6.07) is 1.43. The third kappa shape index (κ3) is 2.05. The van der Waals surface area contributed by atoms with Crippen LogP contribution in [0.25, 0.3) is 5.65 Å². The van der Waals surface area contributed by atoms with Crippen molar-refractivity contribution < 1.29 is 4.79 Å². The van der Waals surface area contributed by atoms with Crippen molar-refractivity contribution in [3.8, 4) is 0 Å². The number of aromatic nitrogens is 3. The number of amides is 1. The topological polar surface area (TPSA) is 79.3 Å². The van der Waals surface area contributed by atoms with E-state index in [9.17, 15) is 9.59 Å². The van der Waals surface area contributed by atoms with E-state index in [4.69, 9.17) is 0 Å². The minimum Gasteiger partial charge on any atom is -0.346 e. The summed E-state index contributed by atoms with van der Waals surface area (Å²) in [5, 5.41) is 5.93. The molecule has 0 spiro atoms. The van der Waals surface area contributed by atoms with E-state index in [1.807, 2.05) is 6.92 Å². The number of fused-ring (bicyclic) bond motifs is 1. The van der Waals surface area contributed by atoms with Crippen LogP contribution in [0.5, 0.6) is 0 Å². The number of aromatic amines is 1. The molecule has 2 aliphatic rings. The zero-order valence-electron chi connectivity index (χ0n) is 12.7. The number of rotatable bonds is 3. The molecule has 0 saturated heterocycles. The molecular weight excluding hydrogens is 280 g/mol. The van der Waals surface area contributed by atoms with Gasteiger partial charge in [0.25, 0.3) is 11.5 Å². The summed E-state index contributed by atoms with van der Waals surface area (Å²) in [5.74, 6) is 0.547. The van der Waals surface area contributed by atoms with Gasteiger partial charge in [0, 0.05) is 17.8 Å². The van der Waals surface area contributed by atoms with Gasteiger partial charge in [-0.3, -0.25) is 14.7 Å². The number of carbonyl (C=O) groups excluding carboxylic acids is 1. The molecule has 2 saturated carbocycles. The maximum absolute atomic E-state index is 12.7. The van der Waals surface area contributed by atoms with E-state index in [2.05, 4.69) is 15.4 Å². The standard InChI is InChI=1S/C16H20N4O2/c1-10-12(9-17-13-8-14(21)19-20(10)13)15(22)18-16(6-7-16)11-4-2-3-5-11/h8-9,11H,2-7H2,1H3,(H,18,22)(H,19,21). The van der Waals surface area contributed by atoms with Crippen LogP contribution in [0.15, 0.2) is 17.1 Å². The molecule has 2 N–H and O–H groups in total. The average molecular weight is 300 g/mol. The Morgan fingerprint density at radius 3 is 2.82 bits per heavy atom. The lowest BCUT2D eigenvalue weighted by Gasteiger charge is -2.24. The van der Waals surface area contributed by atoms with Crippen molar-refractivity contribution in [2.75, 3.05) is 0 Å². The number of H-pyrrole nitrogens is 1. The Labute approximate surface area is 127 Å². The van der Waals surface area contributed by atoms with E-state index in [1.165, 1.54) is 31.7 Å². The van der Waals surface area contributed by atoms with Crippen molar-refractivity contribution in [1.29, 1.82) is 0 Å². The van der Waals surface area contributed by atoms with Gasteiger partial charge in [0.2, 0.25) is 0 Å². The number of hydrogen-bond acceptors (Lipinski definition) is 3. The molecule has 22 heavy (non-hydrogen) atoms. The number of hydrogen-bond donors (Lipinski definition) is 2. The average Bonchev–Trinajstić information content (AvgIpc) is 2.91. The molecule has 0 unspecified atom stereocenters. The number of carbonyl (C=O) groups is 1. The highest BCUT2D eigenvalue weighted by molar-refractivity contribution is 5.96. The SMILES string of the molecule is Cc1c(C(=O)NC2(C3CCCC3)CC2)cnc2cc(=O)[nH]n12. The Hall–Kier alpha value is -2.11. The Morgan fingerprint density at radius 1 is 1.41 bits per heavy atom. The maximum atomic E-state index is 12.7. The molecule has 0 atom stereocenters. The molecule has 4 rings (SSSR count). The van der Waals surface area contributed by atoms with E-state index < -0.39 is 0 Å². The zero-order chi connectivity index (χ0) is 15.3. The third-order valence-corrected chi connectivity index (χ3v) is 5.29. The van der Waals surface area contributed by atoms with E-state index in [1.54, 1.807) is 10.7 Å². The van der Waals surface area contributed by atoms with Gasteiger partial charge >= 0.3 is 0 Å². The van der Waals surface area contributed by atoms with Crippen LogP contribution in [0.1, 0.15) is 54.6 Å². The van der Waals surface area contributed by atoms with Gasteiger partial charge in [0.05, 0.1) is 11.3 Å². The molecule has 1 amide bonds. The molecule has 0 aliphatic heterocycles. The van der Waals surface area contributed by atoms with Crippen LogP contribution in [-0.2, 0) is 0 Å². The molecule has 0 aromatic carbocycles. The van der Waals surface area contributed by atoms with Crippen LogP contribution in [0.4, 0.5) is 0 Å². The molecule has 2 aromatic heterocycles. The minimum absolute atomic E-state index is 0.0130. The monoisotopic (exact) mass is 300 g/mol. The Morgan fingerprint density at radius 2 is 2.14 bits per heavy atom. The summed E-state index contributed by atoms with van der Waals surface area (Å²) in [4.78, 5) is 28.3.